The predicted octanol–water partition coefficient (Wildman–Crippen LogP) is 7.65. The lowest BCUT2D eigenvalue weighted by molar-refractivity contribution is 0.0175. The molecule has 1 N–H and O–H groups in total. The molecule has 0 amide bonds. The number of rotatable bonds is 14. The first-order valence-electron chi connectivity index (χ1n) is 13.5. The minimum absolute atomic E-state index is 0.0674. The zero-order chi connectivity index (χ0) is 25.4. The highest BCUT2D eigenvalue weighted by molar-refractivity contribution is 6.73. The zero-order valence-corrected chi connectivity index (χ0v) is 24.1. The van der Waals surface area contributed by atoms with E-state index in [1.807, 2.05) is 0 Å². The molecule has 1 aromatic rings. The van der Waals surface area contributed by atoms with E-state index in [2.05, 4.69) is 59.8 Å². The summed E-state index contributed by atoms with van der Waals surface area (Å²) in [6, 6.07) is 7.80. The summed E-state index contributed by atoms with van der Waals surface area (Å²) >= 11 is 0. The van der Waals surface area contributed by atoms with E-state index >= 15 is 0 Å². The van der Waals surface area contributed by atoms with Crippen LogP contribution in [0, 0.1) is 5.92 Å². The number of methoxy groups -OCH3 is 2. The van der Waals surface area contributed by atoms with Gasteiger partial charge in [-0.3, -0.25) is 0 Å². The van der Waals surface area contributed by atoms with Gasteiger partial charge >= 0.3 is 0 Å². The third-order valence-corrected chi connectivity index (χ3v) is 13.0. The molecule has 0 saturated heterocycles. The normalized spacial score (nSPS) is 19.1. The quantitative estimate of drug-likeness (QED) is 0.165. The van der Waals surface area contributed by atoms with Gasteiger partial charge < -0.3 is 19.0 Å². The molecule has 0 aromatic heterocycles. The molecule has 2 rings (SSSR count). The number of allylic oxidation sites excluding steroid dienone is 1. The number of aliphatic hydroxyl groups excluding tert-OH is 1. The lowest BCUT2D eigenvalue weighted by Crippen LogP contribution is -2.49. The van der Waals surface area contributed by atoms with Crippen LogP contribution in [0.4, 0.5) is 0 Å². The van der Waals surface area contributed by atoms with Crippen LogP contribution in [0.2, 0.25) is 18.1 Å². The molecule has 0 fully saturated rings. The summed E-state index contributed by atoms with van der Waals surface area (Å²) in [5.41, 5.74) is 3.16. The Morgan fingerprint density at radius 2 is 1.56 bits per heavy atom. The lowest BCUT2D eigenvalue weighted by Gasteiger charge is -2.47. The fourth-order valence-electron chi connectivity index (χ4n) is 5.82. The van der Waals surface area contributed by atoms with Crippen LogP contribution >= 0.6 is 0 Å². The maximum atomic E-state index is 10.0. The fraction of sp³-hybridized carbons (Fsp3) is 0.724. The van der Waals surface area contributed by atoms with E-state index in [1.165, 1.54) is 24.8 Å². The molecule has 0 heterocycles. The molecule has 0 aliphatic heterocycles. The van der Waals surface area contributed by atoms with Crippen molar-refractivity contribution < 1.29 is 19.0 Å². The SMILES string of the molecule is CCCCCc1cc(OC)c([C@@H]2C=C(CO)CC[C@H]2C(C)(C)O[Si](CC)(CC)CC)c(OC)c1. The molecule has 4 nitrogen and oxygen atoms in total. The Bertz CT molecular complexity index is 764. The van der Waals surface area contributed by atoms with Crippen LogP contribution in [-0.4, -0.2) is 39.9 Å². The van der Waals surface area contributed by atoms with E-state index < -0.39 is 8.32 Å². The van der Waals surface area contributed by atoms with E-state index in [0.717, 1.165) is 60.0 Å². The molecule has 0 radical (unpaired) electrons. The van der Waals surface area contributed by atoms with E-state index in [9.17, 15) is 5.11 Å². The van der Waals surface area contributed by atoms with Gasteiger partial charge in [-0.1, -0.05) is 46.6 Å². The summed E-state index contributed by atoms with van der Waals surface area (Å²) in [7, 11) is 1.72. The smallest absolute Gasteiger partial charge is 0.192 e. The van der Waals surface area contributed by atoms with Crippen LogP contribution in [0.1, 0.15) is 90.7 Å². The van der Waals surface area contributed by atoms with Crippen LogP contribution < -0.4 is 9.47 Å². The van der Waals surface area contributed by atoms with Crippen LogP contribution in [0.15, 0.2) is 23.8 Å². The highest BCUT2D eigenvalue weighted by atomic mass is 28.4. The second kappa shape index (κ2) is 13.1. The van der Waals surface area contributed by atoms with Gasteiger partial charge in [0, 0.05) is 11.5 Å². The number of unbranched alkanes of at least 4 members (excludes halogenated alkanes) is 2. The Hall–Kier alpha value is -1.30. The fourth-order valence-corrected chi connectivity index (χ4v) is 9.02. The summed E-state index contributed by atoms with van der Waals surface area (Å²) in [5, 5.41) is 10.0. The molecule has 0 unspecified atom stereocenters. The second-order valence-electron chi connectivity index (χ2n) is 10.5. The number of hydrogen-bond acceptors (Lipinski definition) is 4. The average Bonchev–Trinajstić information content (AvgIpc) is 2.86. The highest BCUT2D eigenvalue weighted by Crippen LogP contribution is 2.50. The third kappa shape index (κ3) is 6.67. The first-order chi connectivity index (χ1) is 16.2. The maximum Gasteiger partial charge on any atom is 0.192 e. The van der Waals surface area contributed by atoms with Crippen LogP contribution in [-0.2, 0) is 10.8 Å². The summed E-state index contributed by atoms with van der Waals surface area (Å²) in [6.07, 6.45) is 8.78. The molecular formula is C29H50O4Si. The van der Waals surface area contributed by atoms with E-state index in [1.54, 1.807) is 14.2 Å². The van der Waals surface area contributed by atoms with E-state index in [4.69, 9.17) is 13.9 Å². The molecule has 194 valence electrons. The number of ether oxygens (including phenoxy) is 2. The molecule has 1 aromatic carbocycles. The molecule has 1 aliphatic carbocycles. The van der Waals surface area contributed by atoms with Gasteiger partial charge in [-0.25, -0.2) is 0 Å². The van der Waals surface area contributed by atoms with Crippen molar-refractivity contribution in [2.24, 2.45) is 5.92 Å². The zero-order valence-electron chi connectivity index (χ0n) is 23.1. The third-order valence-electron chi connectivity index (χ3n) is 8.14. The van der Waals surface area contributed by atoms with E-state index in [0.29, 0.717) is 0 Å². The molecule has 0 spiro atoms. The average molecular weight is 491 g/mol. The van der Waals surface area contributed by atoms with Crippen LogP contribution in [0.5, 0.6) is 11.5 Å². The lowest BCUT2D eigenvalue weighted by atomic mass is 9.69. The summed E-state index contributed by atoms with van der Waals surface area (Å²) < 4.78 is 19.1. The maximum absolute atomic E-state index is 10.0. The van der Waals surface area contributed by atoms with Gasteiger partial charge in [-0.15, -0.1) is 0 Å². The number of benzene rings is 1. The Kier molecular flexibility index (Phi) is 11.2. The molecular weight excluding hydrogens is 440 g/mol. The first kappa shape index (κ1) is 28.9. The monoisotopic (exact) mass is 490 g/mol. The van der Waals surface area contributed by atoms with Gasteiger partial charge in [-0.2, -0.15) is 0 Å². The second-order valence-corrected chi connectivity index (χ2v) is 15.2. The standard InChI is InChI=1S/C29H50O4Si/c1-9-13-14-15-22-19-26(31-7)28(27(20-22)32-8)24-18-23(21-30)16-17-25(24)29(5,6)33-34(10-2,11-3)12-4/h18-20,24-25,30H,9-17,21H2,1-8H3/t24-,25-/m1/s1. The molecule has 34 heavy (non-hydrogen) atoms. The molecule has 0 bridgehead atoms. The summed E-state index contributed by atoms with van der Waals surface area (Å²) in [6.45, 7) is 13.8. The van der Waals surface area contributed by atoms with Crippen LogP contribution in [0.3, 0.4) is 0 Å². The van der Waals surface area contributed by atoms with Crippen molar-refractivity contribution in [2.45, 2.75) is 110 Å². The van der Waals surface area contributed by atoms with Crippen LogP contribution in [0.25, 0.3) is 0 Å². The van der Waals surface area contributed by atoms with Crippen molar-refractivity contribution in [3.05, 3.63) is 34.9 Å². The van der Waals surface area contributed by atoms with Crippen molar-refractivity contribution in [1.29, 1.82) is 0 Å². The van der Waals surface area contributed by atoms with Crippen molar-refractivity contribution in [3.8, 4) is 11.5 Å². The van der Waals surface area contributed by atoms with Crippen molar-refractivity contribution in [2.75, 3.05) is 20.8 Å². The molecule has 0 saturated carbocycles. The Morgan fingerprint density at radius 3 is 2.03 bits per heavy atom. The minimum Gasteiger partial charge on any atom is -0.496 e. The topological polar surface area (TPSA) is 47.9 Å². The van der Waals surface area contributed by atoms with Gasteiger partial charge in [0.1, 0.15) is 11.5 Å². The van der Waals surface area contributed by atoms with E-state index in [-0.39, 0.29) is 24.0 Å². The highest BCUT2D eigenvalue weighted by Gasteiger charge is 2.45. The number of aliphatic hydroxyl groups is 1. The Morgan fingerprint density at radius 1 is 0.971 bits per heavy atom. The van der Waals surface area contributed by atoms with Gasteiger partial charge in [0.25, 0.3) is 0 Å². The first-order valence-corrected chi connectivity index (χ1v) is 16.0. The van der Waals surface area contributed by atoms with Crippen molar-refractivity contribution >= 4 is 8.32 Å². The minimum atomic E-state index is -1.80. The van der Waals surface area contributed by atoms with Gasteiger partial charge in [-0.05, 0) is 86.9 Å². The van der Waals surface area contributed by atoms with Gasteiger partial charge in [0.15, 0.2) is 8.32 Å². The Balaban J connectivity index is 2.57. The largest absolute Gasteiger partial charge is 0.496 e. The predicted molar refractivity (Wildman–Crippen MR) is 146 cm³/mol. The molecule has 5 heteroatoms. The molecule has 1 aliphatic rings. The van der Waals surface area contributed by atoms with Gasteiger partial charge in [0.2, 0.25) is 0 Å². The van der Waals surface area contributed by atoms with Crippen molar-refractivity contribution in [3.63, 3.8) is 0 Å². The summed E-state index contributed by atoms with van der Waals surface area (Å²) in [4.78, 5) is 0. The summed E-state index contributed by atoms with van der Waals surface area (Å²) in [5.74, 6) is 2.11. The van der Waals surface area contributed by atoms with Crippen molar-refractivity contribution in [1.82, 2.24) is 0 Å². The Labute approximate surface area is 210 Å². The number of hydrogen-bond donors (Lipinski definition) is 1. The van der Waals surface area contributed by atoms with Gasteiger partial charge in [0.05, 0.1) is 26.4 Å². The molecule has 2 atom stereocenters. The number of aryl methyl sites for hydroxylation is 1.